The highest BCUT2D eigenvalue weighted by molar-refractivity contribution is 5.76. The Balaban J connectivity index is 2.14. The SMILES string of the molecule is CCC(=O)Oc1c(CC)c(C)nn1-c1nc2ccccc2[nH]1. The minimum Gasteiger partial charge on any atom is -0.407 e. The first-order valence-electron chi connectivity index (χ1n) is 7.38. The van der Waals surface area contributed by atoms with E-state index in [4.69, 9.17) is 4.74 Å². The molecule has 2 aromatic heterocycles. The Morgan fingerprint density at radius 3 is 2.77 bits per heavy atom. The van der Waals surface area contributed by atoms with Gasteiger partial charge in [0.25, 0.3) is 0 Å². The number of esters is 1. The number of ether oxygens (including phenoxy) is 1. The quantitative estimate of drug-likeness (QED) is 0.752. The second-order valence-electron chi connectivity index (χ2n) is 5.04. The van der Waals surface area contributed by atoms with Gasteiger partial charge in [0.1, 0.15) is 0 Å². The molecule has 0 atom stereocenters. The molecule has 0 fully saturated rings. The third-order valence-electron chi connectivity index (χ3n) is 3.57. The van der Waals surface area contributed by atoms with E-state index in [0.717, 1.165) is 28.7 Å². The number of aryl methyl sites for hydroxylation is 1. The molecule has 0 aliphatic heterocycles. The molecular formula is C16H18N4O2. The molecule has 1 N–H and O–H groups in total. The predicted octanol–water partition coefficient (Wildman–Crippen LogP) is 2.93. The van der Waals surface area contributed by atoms with Crippen LogP contribution in [0, 0.1) is 6.92 Å². The molecule has 0 bridgehead atoms. The van der Waals surface area contributed by atoms with E-state index in [1.807, 2.05) is 38.1 Å². The lowest BCUT2D eigenvalue weighted by Crippen LogP contribution is -2.11. The van der Waals surface area contributed by atoms with Gasteiger partial charge in [0, 0.05) is 12.0 Å². The molecule has 114 valence electrons. The van der Waals surface area contributed by atoms with Crippen molar-refractivity contribution in [2.75, 3.05) is 0 Å². The molecule has 0 saturated heterocycles. The Bertz CT molecular complexity index is 799. The number of aromatic nitrogens is 4. The minimum absolute atomic E-state index is 0.285. The Hall–Kier alpha value is -2.63. The van der Waals surface area contributed by atoms with Crippen molar-refractivity contribution >= 4 is 17.0 Å². The number of nitrogens with zero attached hydrogens (tertiary/aromatic N) is 3. The lowest BCUT2D eigenvalue weighted by molar-refractivity contribution is -0.134. The lowest BCUT2D eigenvalue weighted by atomic mass is 10.2. The van der Waals surface area contributed by atoms with Crippen LogP contribution in [0.2, 0.25) is 0 Å². The van der Waals surface area contributed by atoms with Crippen molar-refractivity contribution in [3.8, 4) is 11.8 Å². The third-order valence-corrected chi connectivity index (χ3v) is 3.57. The van der Waals surface area contributed by atoms with Crippen LogP contribution in [0.5, 0.6) is 5.88 Å². The molecule has 0 saturated carbocycles. The lowest BCUT2D eigenvalue weighted by Gasteiger charge is -2.06. The Morgan fingerprint density at radius 2 is 2.09 bits per heavy atom. The van der Waals surface area contributed by atoms with Crippen molar-refractivity contribution in [3.05, 3.63) is 35.5 Å². The minimum atomic E-state index is -0.285. The maximum Gasteiger partial charge on any atom is 0.312 e. The van der Waals surface area contributed by atoms with Gasteiger partial charge >= 0.3 is 5.97 Å². The zero-order chi connectivity index (χ0) is 15.7. The number of hydrogen-bond acceptors (Lipinski definition) is 4. The molecule has 3 aromatic rings. The molecule has 6 heteroatoms. The van der Waals surface area contributed by atoms with Crippen molar-refractivity contribution in [2.24, 2.45) is 0 Å². The van der Waals surface area contributed by atoms with E-state index < -0.39 is 0 Å². The largest absolute Gasteiger partial charge is 0.407 e. The topological polar surface area (TPSA) is 72.8 Å². The van der Waals surface area contributed by atoms with Crippen molar-refractivity contribution in [1.82, 2.24) is 19.7 Å². The average Bonchev–Trinajstić information content (AvgIpc) is 3.08. The number of imidazole rings is 1. The molecule has 1 aromatic carbocycles. The zero-order valence-electron chi connectivity index (χ0n) is 12.9. The number of carbonyl (C=O) groups is 1. The van der Waals surface area contributed by atoms with Gasteiger partial charge in [-0.1, -0.05) is 26.0 Å². The highest BCUT2D eigenvalue weighted by atomic mass is 16.5. The molecule has 0 radical (unpaired) electrons. The van der Waals surface area contributed by atoms with Gasteiger partial charge in [0.05, 0.1) is 16.7 Å². The normalized spacial score (nSPS) is 11.0. The van der Waals surface area contributed by atoms with Crippen LogP contribution in [-0.4, -0.2) is 25.7 Å². The van der Waals surface area contributed by atoms with Gasteiger partial charge < -0.3 is 9.72 Å². The molecule has 0 unspecified atom stereocenters. The first kappa shape index (κ1) is 14.3. The number of hydrogen-bond donors (Lipinski definition) is 1. The van der Waals surface area contributed by atoms with Crippen LogP contribution in [0.3, 0.4) is 0 Å². The number of aromatic amines is 1. The van der Waals surface area contributed by atoms with Crippen molar-refractivity contribution in [2.45, 2.75) is 33.6 Å². The molecule has 6 nitrogen and oxygen atoms in total. The molecule has 0 spiro atoms. The maximum atomic E-state index is 11.7. The standard InChI is InChI=1S/C16H18N4O2/c1-4-11-10(3)19-20(15(11)22-14(21)5-2)16-17-12-8-6-7-9-13(12)18-16/h6-9H,4-5H2,1-3H3,(H,17,18). The van der Waals surface area contributed by atoms with E-state index in [1.165, 1.54) is 0 Å². The number of H-pyrrole nitrogens is 1. The fraction of sp³-hybridized carbons (Fsp3) is 0.312. The Morgan fingerprint density at radius 1 is 1.32 bits per heavy atom. The number of fused-ring (bicyclic) bond motifs is 1. The van der Waals surface area contributed by atoms with Gasteiger partial charge in [-0.15, -0.1) is 0 Å². The van der Waals surface area contributed by atoms with Crippen molar-refractivity contribution in [1.29, 1.82) is 0 Å². The van der Waals surface area contributed by atoms with Crippen molar-refractivity contribution in [3.63, 3.8) is 0 Å². The zero-order valence-corrected chi connectivity index (χ0v) is 12.9. The summed E-state index contributed by atoms with van der Waals surface area (Å²) in [6.45, 7) is 5.68. The summed E-state index contributed by atoms with van der Waals surface area (Å²) < 4.78 is 7.06. The molecular weight excluding hydrogens is 280 g/mol. The van der Waals surface area contributed by atoms with Crippen LogP contribution in [0.1, 0.15) is 31.5 Å². The van der Waals surface area contributed by atoms with Gasteiger partial charge in [-0.05, 0) is 25.5 Å². The smallest absolute Gasteiger partial charge is 0.312 e. The Labute approximate surface area is 128 Å². The van der Waals surface area contributed by atoms with Gasteiger partial charge in [0.2, 0.25) is 11.8 Å². The summed E-state index contributed by atoms with van der Waals surface area (Å²) in [6.07, 6.45) is 1.05. The summed E-state index contributed by atoms with van der Waals surface area (Å²) in [6, 6.07) is 7.73. The first-order valence-corrected chi connectivity index (χ1v) is 7.38. The second-order valence-corrected chi connectivity index (χ2v) is 5.04. The van der Waals surface area contributed by atoms with Crippen LogP contribution < -0.4 is 4.74 Å². The van der Waals surface area contributed by atoms with E-state index >= 15 is 0 Å². The summed E-state index contributed by atoms with van der Waals surface area (Å²) in [7, 11) is 0. The van der Waals surface area contributed by atoms with Gasteiger partial charge in [-0.2, -0.15) is 9.78 Å². The van der Waals surface area contributed by atoms with Gasteiger partial charge in [0.15, 0.2) is 0 Å². The van der Waals surface area contributed by atoms with E-state index in [1.54, 1.807) is 11.6 Å². The highest BCUT2D eigenvalue weighted by Crippen LogP contribution is 2.26. The van der Waals surface area contributed by atoms with Crippen LogP contribution in [0.25, 0.3) is 17.0 Å². The second kappa shape index (κ2) is 5.63. The van der Waals surface area contributed by atoms with Gasteiger partial charge in [-0.25, -0.2) is 4.98 Å². The van der Waals surface area contributed by atoms with Crippen LogP contribution in [0.15, 0.2) is 24.3 Å². The maximum absolute atomic E-state index is 11.7. The van der Waals surface area contributed by atoms with Crippen LogP contribution >= 0.6 is 0 Å². The molecule has 0 amide bonds. The number of carbonyl (C=O) groups excluding carboxylic acids is 1. The van der Waals surface area contributed by atoms with Crippen LogP contribution in [0.4, 0.5) is 0 Å². The number of nitrogens with one attached hydrogen (secondary N) is 1. The fourth-order valence-corrected chi connectivity index (χ4v) is 2.41. The molecule has 22 heavy (non-hydrogen) atoms. The first-order chi connectivity index (χ1) is 10.6. The Kier molecular flexibility index (Phi) is 3.66. The highest BCUT2D eigenvalue weighted by Gasteiger charge is 2.20. The summed E-state index contributed by atoms with van der Waals surface area (Å²) in [5.74, 6) is 0.709. The van der Waals surface area contributed by atoms with E-state index in [0.29, 0.717) is 18.2 Å². The summed E-state index contributed by atoms with van der Waals surface area (Å²) >= 11 is 0. The third kappa shape index (κ3) is 2.36. The summed E-state index contributed by atoms with van der Waals surface area (Å²) in [4.78, 5) is 19.4. The van der Waals surface area contributed by atoms with Gasteiger partial charge in [-0.3, -0.25) is 4.79 Å². The van der Waals surface area contributed by atoms with Crippen molar-refractivity contribution < 1.29 is 9.53 Å². The monoisotopic (exact) mass is 298 g/mol. The number of rotatable bonds is 4. The molecule has 3 rings (SSSR count). The summed E-state index contributed by atoms with van der Waals surface area (Å²) in [5, 5.41) is 4.48. The number of para-hydroxylation sites is 2. The fourth-order valence-electron chi connectivity index (χ4n) is 2.41. The van der Waals surface area contributed by atoms with E-state index in [-0.39, 0.29) is 5.97 Å². The molecule has 2 heterocycles. The van der Waals surface area contributed by atoms with E-state index in [9.17, 15) is 4.79 Å². The predicted molar refractivity (Wildman–Crippen MR) is 83.3 cm³/mol. The van der Waals surface area contributed by atoms with E-state index in [2.05, 4.69) is 15.1 Å². The van der Waals surface area contributed by atoms with Crippen LogP contribution in [-0.2, 0) is 11.2 Å². The number of benzene rings is 1. The molecule has 0 aliphatic carbocycles. The summed E-state index contributed by atoms with van der Waals surface area (Å²) in [5.41, 5.74) is 3.51. The average molecular weight is 298 g/mol. The molecule has 0 aliphatic rings.